The summed E-state index contributed by atoms with van der Waals surface area (Å²) in [6, 6.07) is 4.17. The Balaban J connectivity index is 3.17. The van der Waals surface area contributed by atoms with Gasteiger partial charge in [0.15, 0.2) is 0 Å². The van der Waals surface area contributed by atoms with E-state index in [1.165, 1.54) is 4.88 Å². The summed E-state index contributed by atoms with van der Waals surface area (Å²) < 4.78 is 0. The highest BCUT2D eigenvalue weighted by Crippen LogP contribution is 2.29. The molecule has 0 amide bonds. The van der Waals surface area contributed by atoms with Crippen molar-refractivity contribution in [2.24, 2.45) is 5.73 Å². The molecular weight excluding hydrogens is 240 g/mol. The molecule has 96 valence electrons. The first-order valence-corrected chi connectivity index (χ1v) is 6.54. The number of rotatable bonds is 5. The fraction of sp³-hybridized carbons (Fsp3) is 0.200. The zero-order valence-corrected chi connectivity index (χ0v) is 12.0. The van der Waals surface area contributed by atoms with E-state index < -0.39 is 0 Å². The number of hydrogen-bond acceptors (Lipinski definition) is 3. The molecule has 0 fully saturated rings. The maximum absolute atomic E-state index is 5.77. The van der Waals surface area contributed by atoms with Crippen LogP contribution in [0.2, 0.25) is 0 Å². The Morgan fingerprint density at radius 2 is 1.83 bits per heavy atom. The Kier molecular flexibility index (Phi) is 4.98. The summed E-state index contributed by atoms with van der Waals surface area (Å²) in [5.41, 5.74) is 9.54. The summed E-state index contributed by atoms with van der Waals surface area (Å²) in [7, 11) is 1.85. The minimum absolute atomic E-state index is 0.774. The molecular formula is C15H20N2S. The molecule has 1 rings (SSSR count). The van der Waals surface area contributed by atoms with Crippen molar-refractivity contribution in [3.8, 4) is 0 Å². The number of nitrogens with one attached hydrogen (secondary N) is 1. The summed E-state index contributed by atoms with van der Waals surface area (Å²) in [6.45, 7) is 11.8. The van der Waals surface area contributed by atoms with Crippen molar-refractivity contribution in [2.45, 2.75) is 13.8 Å². The SMILES string of the molecule is C=C(/C=C(\C=C(/C)N)c1ccc(C(=C)C)s1)NC. The van der Waals surface area contributed by atoms with Crippen molar-refractivity contribution in [3.63, 3.8) is 0 Å². The second-order valence-electron chi connectivity index (χ2n) is 4.21. The van der Waals surface area contributed by atoms with Gasteiger partial charge in [0.25, 0.3) is 0 Å². The van der Waals surface area contributed by atoms with E-state index in [4.69, 9.17) is 5.73 Å². The van der Waals surface area contributed by atoms with Gasteiger partial charge >= 0.3 is 0 Å². The van der Waals surface area contributed by atoms with Crippen LogP contribution in [-0.2, 0) is 0 Å². The van der Waals surface area contributed by atoms with Crippen LogP contribution in [0.4, 0.5) is 0 Å². The molecule has 0 aliphatic heterocycles. The summed E-state index contributed by atoms with van der Waals surface area (Å²) in [4.78, 5) is 2.35. The third-order valence-electron chi connectivity index (χ3n) is 2.35. The van der Waals surface area contributed by atoms with Gasteiger partial charge in [-0.05, 0) is 49.3 Å². The van der Waals surface area contributed by atoms with Gasteiger partial charge in [-0.2, -0.15) is 0 Å². The van der Waals surface area contributed by atoms with Gasteiger partial charge in [0.1, 0.15) is 0 Å². The predicted molar refractivity (Wildman–Crippen MR) is 83.1 cm³/mol. The second kappa shape index (κ2) is 6.26. The van der Waals surface area contributed by atoms with Gasteiger partial charge in [0, 0.05) is 28.2 Å². The molecule has 1 aromatic rings. The maximum Gasteiger partial charge on any atom is 0.0350 e. The van der Waals surface area contributed by atoms with E-state index in [-0.39, 0.29) is 0 Å². The number of hydrogen-bond donors (Lipinski definition) is 2. The van der Waals surface area contributed by atoms with E-state index in [1.807, 2.05) is 33.0 Å². The Hall–Kier alpha value is -1.74. The molecule has 0 unspecified atom stereocenters. The quantitative estimate of drug-likeness (QED) is 0.791. The highest BCUT2D eigenvalue weighted by atomic mass is 32.1. The van der Waals surface area contributed by atoms with Crippen LogP contribution in [0, 0.1) is 0 Å². The molecule has 0 aliphatic carbocycles. The average molecular weight is 260 g/mol. The van der Waals surface area contributed by atoms with Crippen LogP contribution in [-0.4, -0.2) is 7.05 Å². The van der Waals surface area contributed by atoms with Crippen molar-refractivity contribution in [1.82, 2.24) is 5.32 Å². The van der Waals surface area contributed by atoms with Crippen molar-refractivity contribution >= 4 is 22.5 Å². The van der Waals surface area contributed by atoms with E-state index in [9.17, 15) is 0 Å². The molecule has 1 heterocycles. The number of nitrogens with two attached hydrogens (primary N) is 1. The Bertz CT molecular complexity index is 514. The third kappa shape index (κ3) is 3.93. The van der Waals surface area contributed by atoms with Gasteiger partial charge in [0.2, 0.25) is 0 Å². The second-order valence-corrected chi connectivity index (χ2v) is 5.29. The lowest BCUT2D eigenvalue weighted by Crippen LogP contribution is -2.01. The molecule has 3 N–H and O–H groups in total. The molecule has 0 aliphatic rings. The summed E-state index contributed by atoms with van der Waals surface area (Å²) in [5.74, 6) is 0. The average Bonchev–Trinajstić information content (AvgIpc) is 2.76. The molecule has 3 heteroatoms. The number of allylic oxidation sites excluding steroid dienone is 5. The largest absolute Gasteiger partial charge is 0.402 e. The van der Waals surface area contributed by atoms with Crippen LogP contribution in [0.1, 0.15) is 23.6 Å². The lowest BCUT2D eigenvalue weighted by Gasteiger charge is -2.03. The molecule has 0 saturated heterocycles. The lowest BCUT2D eigenvalue weighted by atomic mass is 10.1. The lowest BCUT2D eigenvalue weighted by molar-refractivity contribution is 1.04. The number of thiophene rings is 1. The summed E-state index contributed by atoms with van der Waals surface area (Å²) in [6.07, 6.45) is 3.95. The summed E-state index contributed by atoms with van der Waals surface area (Å²) >= 11 is 1.71. The monoisotopic (exact) mass is 260 g/mol. The first-order valence-electron chi connectivity index (χ1n) is 5.72. The highest BCUT2D eigenvalue weighted by molar-refractivity contribution is 7.14. The van der Waals surface area contributed by atoms with Crippen molar-refractivity contribution in [1.29, 1.82) is 0 Å². The van der Waals surface area contributed by atoms with Gasteiger partial charge < -0.3 is 11.1 Å². The van der Waals surface area contributed by atoms with Crippen LogP contribution in [0.3, 0.4) is 0 Å². The minimum Gasteiger partial charge on any atom is -0.402 e. The normalized spacial score (nSPS) is 12.4. The van der Waals surface area contributed by atoms with E-state index in [0.717, 1.165) is 27.4 Å². The van der Waals surface area contributed by atoms with Crippen molar-refractivity contribution in [3.05, 3.63) is 58.6 Å². The van der Waals surface area contributed by atoms with Gasteiger partial charge in [-0.1, -0.05) is 13.2 Å². The predicted octanol–water partition coefficient (Wildman–Crippen LogP) is 3.76. The Morgan fingerprint density at radius 3 is 2.28 bits per heavy atom. The zero-order chi connectivity index (χ0) is 13.7. The molecule has 0 atom stereocenters. The van der Waals surface area contributed by atoms with Gasteiger partial charge in [-0.3, -0.25) is 0 Å². The number of likely N-dealkylation sites (N-methyl/N-ethyl adjacent to an activating group) is 1. The Labute approximate surface area is 113 Å². The van der Waals surface area contributed by atoms with Gasteiger partial charge in [-0.25, -0.2) is 0 Å². The fourth-order valence-corrected chi connectivity index (χ4v) is 2.33. The van der Waals surface area contributed by atoms with E-state index in [1.54, 1.807) is 11.3 Å². The van der Waals surface area contributed by atoms with Crippen LogP contribution >= 0.6 is 11.3 Å². The molecule has 0 bridgehead atoms. The first-order chi connectivity index (χ1) is 8.43. The van der Waals surface area contributed by atoms with Crippen LogP contribution in [0.15, 0.2) is 48.8 Å². The molecule has 0 saturated carbocycles. The third-order valence-corrected chi connectivity index (χ3v) is 3.64. The zero-order valence-electron chi connectivity index (χ0n) is 11.2. The Morgan fingerprint density at radius 1 is 1.22 bits per heavy atom. The molecule has 2 nitrogen and oxygen atoms in total. The van der Waals surface area contributed by atoms with Crippen LogP contribution < -0.4 is 11.1 Å². The van der Waals surface area contributed by atoms with Crippen molar-refractivity contribution in [2.75, 3.05) is 7.05 Å². The van der Waals surface area contributed by atoms with E-state index in [0.29, 0.717) is 0 Å². The van der Waals surface area contributed by atoms with Gasteiger partial charge in [0.05, 0.1) is 0 Å². The maximum atomic E-state index is 5.77. The fourth-order valence-electron chi connectivity index (χ4n) is 1.41. The first kappa shape index (κ1) is 14.3. The minimum atomic E-state index is 0.774. The molecule has 0 spiro atoms. The molecule has 0 radical (unpaired) electrons. The van der Waals surface area contributed by atoms with Gasteiger partial charge in [-0.15, -0.1) is 11.3 Å². The summed E-state index contributed by atoms with van der Waals surface area (Å²) in [5, 5.41) is 3.01. The standard InChI is InChI=1S/C15H20N2S/c1-10(2)14-6-7-15(18-14)13(8-11(3)16)9-12(4)17-5/h6-9,17H,1,4,16H2,2-3,5H3/b11-8+,13-9+. The highest BCUT2D eigenvalue weighted by Gasteiger charge is 2.05. The van der Waals surface area contributed by atoms with Crippen LogP contribution in [0.5, 0.6) is 0 Å². The van der Waals surface area contributed by atoms with E-state index >= 15 is 0 Å². The van der Waals surface area contributed by atoms with E-state index in [2.05, 4.69) is 30.6 Å². The topological polar surface area (TPSA) is 38.0 Å². The smallest absolute Gasteiger partial charge is 0.0350 e. The van der Waals surface area contributed by atoms with Crippen LogP contribution in [0.25, 0.3) is 11.1 Å². The molecule has 1 aromatic heterocycles. The molecule has 18 heavy (non-hydrogen) atoms. The molecule has 0 aromatic carbocycles. The van der Waals surface area contributed by atoms with Crippen molar-refractivity contribution < 1.29 is 0 Å².